The van der Waals surface area contributed by atoms with Gasteiger partial charge in [-0.1, -0.05) is 18.7 Å². The van der Waals surface area contributed by atoms with Crippen LogP contribution < -0.4 is 21.3 Å². The number of pyridine rings is 1. The van der Waals surface area contributed by atoms with Crippen LogP contribution in [0.15, 0.2) is 38.9 Å². The van der Waals surface area contributed by atoms with Crippen LogP contribution in [0.4, 0.5) is 5.69 Å². The molecule has 0 radical (unpaired) electrons. The summed E-state index contributed by atoms with van der Waals surface area (Å²) in [5.74, 6) is 0.488. The topological polar surface area (TPSA) is 117 Å². The van der Waals surface area contributed by atoms with Crippen LogP contribution >= 0.6 is 11.8 Å². The van der Waals surface area contributed by atoms with Crippen molar-refractivity contribution in [3.63, 3.8) is 0 Å². The molecule has 0 aliphatic carbocycles. The molecule has 0 saturated heterocycles. The van der Waals surface area contributed by atoms with Crippen LogP contribution in [0.3, 0.4) is 0 Å². The van der Waals surface area contributed by atoms with Gasteiger partial charge in [-0.2, -0.15) is 0 Å². The third kappa shape index (κ3) is 4.25. The molecule has 3 rings (SSSR count). The zero-order valence-electron chi connectivity index (χ0n) is 15.7. The summed E-state index contributed by atoms with van der Waals surface area (Å²) in [4.78, 5) is 44.6. The first kappa shape index (κ1) is 19.7. The fourth-order valence-electron chi connectivity index (χ4n) is 2.75. The predicted octanol–water partition coefficient (Wildman–Crippen LogP) is 2.22. The molecule has 2 aromatic heterocycles. The summed E-state index contributed by atoms with van der Waals surface area (Å²) in [6.45, 7) is 3.57. The molecule has 9 heteroatoms. The van der Waals surface area contributed by atoms with Gasteiger partial charge in [-0.05, 0) is 43.2 Å². The highest BCUT2D eigenvalue weighted by Crippen LogP contribution is 2.27. The van der Waals surface area contributed by atoms with Gasteiger partial charge in [0, 0.05) is 11.1 Å². The minimum absolute atomic E-state index is 0.0412. The molecule has 0 atom stereocenters. The summed E-state index contributed by atoms with van der Waals surface area (Å²) in [7, 11) is 1.62. The number of nitrogens with one attached hydrogen (secondary N) is 3. The zero-order valence-corrected chi connectivity index (χ0v) is 16.5. The second-order valence-electron chi connectivity index (χ2n) is 6.11. The fourth-order valence-corrected chi connectivity index (χ4v) is 3.64. The normalized spacial score (nSPS) is 10.8. The number of thioether (sulfide) groups is 1. The van der Waals surface area contributed by atoms with Crippen LogP contribution in [-0.4, -0.2) is 33.7 Å². The molecule has 3 N–H and O–H groups in total. The van der Waals surface area contributed by atoms with Crippen LogP contribution in [0.2, 0.25) is 0 Å². The Kier molecular flexibility index (Phi) is 5.84. The van der Waals surface area contributed by atoms with Gasteiger partial charge in [-0.15, -0.1) is 0 Å². The molecule has 1 amide bonds. The standard InChI is InChI=1S/C19H20N4O4S/c1-4-11-7-12-8-13(27-3)5-6-14(12)21-18(11)28-9-15(24)22-16-10(2)20-19(26)23-17(16)25/h5-8H,4,9H2,1-3H3,(H,22,24)(H2,20,23,25,26). The first-order chi connectivity index (χ1) is 13.4. The van der Waals surface area contributed by atoms with Crippen molar-refractivity contribution in [1.82, 2.24) is 15.0 Å². The van der Waals surface area contributed by atoms with Gasteiger partial charge in [0.1, 0.15) is 16.5 Å². The quantitative estimate of drug-likeness (QED) is 0.546. The summed E-state index contributed by atoms with van der Waals surface area (Å²) in [6, 6.07) is 7.68. The van der Waals surface area contributed by atoms with E-state index in [2.05, 4.69) is 20.3 Å². The average molecular weight is 400 g/mol. The minimum atomic E-state index is -0.633. The number of anilines is 1. The first-order valence-electron chi connectivity index (χ1n) is 8.64. The molecular formula is C19H20N4O4S. The first-order valence-corrected chi connectivity index (χ1v) is 9.63. The number of methoxy groups -OCH3 is 1. The Hall–Kier alpha value is -3.07. The maximum Gasteiger partial charge on any atom is 0.326 e. The molecule has 0 saturated carbocycles. The second-order valence-corrected chi connectivity index (χ2v) is 7.07. The van der Waals surface area contributed by atoms with Crippen molar-refractivity contribution in [2.24, 2.45) is 0 Å². The largest absolute Gasteiger partial charge is 0.497 e. The van der Waals surface area contributed by atoms with E-state index in [1.807, 2.05) is 31.2 Å². The van der Waals surface area contributed by atoms with E-state index >= 15 is 0 Å². The van der Waals surface area contributed by atoms with Gasteiger partial charge >= 0.3 is 5.69 Å². The third-order valence-electron chi connectivity index (χ3n) is 4.18. The van der Waals surface area contributed by atoms with E-state index < -0.39 is 11.2 Å². The Labute approximate surface area is 164 Å². The lowest BCUT2D eigenvalue weighted by atomic mass is 10.1. The van der Waals surface area contributed by atoms with Gasteiger partial charge in [0.2, 0.25) is 5.91 Å². The van der Waals surface area contributed by atoms with Gasteiger partial charge in [-0.3, -0.25) is 14.6 Å². The summed E-state index contributed by atoms with van der Waals surface area (Å²) in [6.07, 6.45) is 0.767. The monoisotopic (exact) mass is 400 g/mol. The molecule has 1 aromatic carbocycles. The average Bonchev–Trinajstić information content (AvgIpc) is 2.67. The lowest BCUT2D eigenvalue weighted by Gasteiger charge is -2.10. The van der Waals surface area contributed by atoms with Crippen LogP contribution in [0.5, 0.6) is 5.75 Å². The highest BCUT2D eigenvalue weighted by molar-refractivity contribution is 8.00. The van der Waals surface area contributed by atoms with Crippen molar-refractivity contribution < 1.29 is 9.53 Å². The summed E-state index contributed by atoms with van der Waals surface area (Å²) < 4.78 is 5.25. The van der Waals surface area contributed by atoms with Gasteiger partial charge in [0.25, 0.3) is 5.56 Å². The van der Waals surface area contributed by atoms with Crippen LogP contribution in [0.1, 0.15) is 18.2 Å². The van der Waals surface area contributed by atoms with E-state index in [9.17, 15) is 14.4 Å². The Morgan fingerprint density at radius 1 is 1.25 bits per heavy atom. The van der Waals surface area contributed by atoms with Crippen molar-refractivity contribution >= 4 is 34.3 Å². The molecule has 0 aliphatic rings. The molecule has 0 spiro atoms. The molecule has 0 bridgehead atoms. The molecular weight excluding hydrogens is 380 g/mol. The summed E-state index contributed by atoms with van der Waals surface area (Å²) >= 11 is 1.30. The number of aromatic amines is 2. The number of carbonyl (C=O) groups is 1. The van der Waals surface area contributed by atoms with Crippen molar-refractivity contribution in [2.75, 3.05) is 18.2 Å². The fraction of sp³-hybridized carbons (Fsp3) is 0.263. The molecule has 0 unspecified atom stereocenters. The number of amides is 1. The van der Waals surface area contributed by atoms with Crippen molar-refractivity contribution in [2.45, 2.75) is 25.3 Å². The molecule has 0 aliphatic heterocycles. The highest BCUT2D eigenvalue weighted by atomic mass is 32.2. The van der Waals surface area contributed by atoms with Crippen LogP contribution in [-0.2, 0) is 11.2 Å². The SMILES string of the molecule is CCc1cc2cc(OC)ccc2nc1SCC(=O)Nc1c(C)[nH]c(=O)[nH]c1=O. The van der Waals surface area contributed by atoms with Crippen molar-refractivity contribution in [1.29, 1.82) is 0 Å². The lowest BCUT2D eigenvalue weighted by Crippen LogP contribution is -2.29. The van der Waals surface area contributed by atoms with E-state index in [0.29, 0.717) is 5.69 Å². The maximum absolute atomic E-state index is 12.3. The number of hydrogen-bond donors (Lipinski definition) is 3. The smallest absolute Gasteiger partial charge is 0.326 e. The van der Waals surface area contributed by atoms with Crippen LogP contribution in [0.25, 0.3) is 10.9 Å². The van der Waals surface area contributed by atoms with Gasteiger partial charge in [-0.25, -0.2) is 9.78 Å². The lowest BCUT2D eigenvalue weighted by molar-refractivity contribution is -0.113. The number of aryl methyl sites for hydroxylation is 2. The van der Waals surface area contributed by atoms with Gasteiger partial charge in [0.15, 0.2) is 0 Å². The van der Waals surface area contributed by atoms with E-state index in [-0.39, 0.29) is 17.3 Å². The number of rotatable bonds is 6. The highest BCUT2D eigenvalue weighted by Gasteiger charge is 2.13. The number of ether oxygens (including phenoxy) is 1. The van der Waals surface area contributed by atoms with E-state index in [0.717, 1.165) is 33.7 Å². The Balaban J connectivity index is 1.78. The third-order valence-corrected chi connectivity index (χ3v) is 5.21. The Bertz CT molecular complexity index is 1150. The number of benzene rings is 1. The Morgan fingerprint density at radius 3 is 2.71 bits per heavy atom. The molecule has 8 nitrogen and oxygen atoms in total. The van der Waals surface area contributed by atoms with E-state index in [1.165, 1.54) is 11.8 Å². The predicted molar refractivity (Wildman–Crippen MR) is 109 cm³/mol. The number of carbonyl (C=O) groups excluding carboxylic acids is 1. The number of nitrogens with zero attached hydrogens (tertiary/aromatic N) is 1. The number of hydrogen-bond acceptors (Lipinski definition) is 6. The van der Waals surface area contributed by atoms with Gasteiger partial charge in [0.05, 0.1) is 18.4 Å². The maximum atomic E-state index is 12.3. The summed E-state index contributed by atoms with van der Waals surface area (Å²) in [5, 5.41) is 4.29. The van der Waals surface area contributed by atoms with Gasteiger partial charge < -0.3 is 15.0 Å². The summed E-state index contributed by atoms with van der Waals surface area (Å²) in [5.41, 5.74) is 0.940. The molecule has 3 aromatic rings. The molecule has 28 heavy (non-hydrogen) atoms. The van der Waals surface area contributed by atoms with Crippen LogP contribution in [0, 0.1) is 6.92 Å². The number of H-pyrrole nitrogens is 2. The van der Waals surface area contributed by atoms with Crippen molar-refractivity contribution in [3.05, 3.63) is 56.4 Å². The van der Waals surface area contributed by atoms with E-state index in [4.69, 9.17) is 4.74 Å². The number of aromatic nitrogens is 3. The molecule has 146 valence electrons. The Morgan fingerprint density at radius 2 is 2.04 bits per heavy atom. The molecule has 2 heterocycles. The second kappa shape index (κ2) is 8.30. The number of fused-ring (bicyclic) bond motifs is 1. The van der Waals surface area contributed by atoms with E-state index in [1.54, 1.807) is 14.0 Å². The minimum Gasteiger partial charge on any atom is -0.497 e. The zero-order chi connectivity index (χ0) is 20.3. The molecule has 0 fully saturated rings. The van der Waals surface area contributed by atoms with Crippen molar-refractivity contribution in [3.8, 4) is 5.75 Å².